The van der Waals surface area contributed by atoms with Crippen LogP contribution in [0, 0.1) is 0 Å². The van der Waals surface area contributed by atoms with Crippen LogP contribution in [0.2, 0.25) is 0 Å². The van der Waals surface area contributed by atoms with Crippen LogP contribution in [-0.2, 0) is 4.79 Å². The number of rotatable bonds is 3. The number of likely N-dealkylation sites (tertiary alicyclic amines) is 1. The van der Waals surface area contributed by atoms with E-state index in [0.29, 0.717) is 12.8 Å². The van der Waals surface area contributed by atoms with Gasteiger partial charge in [-0.05, 0) is 19.9 Å². The maximum atomic E-state index is 12.7. The molecule has 1 fully saturated rings. The molecule has 3 nitrogen and oxygen atoms in total. The van der Waals surface area contributed by atoms with Crippen LogP contribution in [0.1, 0.15) is 12.8 Å². The Bertz CT molecular complexity index is 252. The smallest absolute Gasteiger partial charge is 0.337 e. The van der Waals surface area contributed by atoms with E-state index < -0.39 is 18.3 Å². The lowest BCUT2D eigenvalue weighted by molar-refractivity contribution is -0.181. The largest absolute Gasteiger partial charge is 0.383 e. The lowest BCUT2D eigenvalue weighted by Gasteiger charge is -2.33. The van der Waals surface area contributed by atoms with Crippen LogP contribution in [0.4, 0.5) is 17.6 Å². The van der Waals surface area contributed by atoms with Gasteiger partial charge in [0.25, 0.3) is 5.91 Å². The summed E-state index contributed by atoms with van der Waals surface area (Å²) in [4.78, 5) is 11.9. The Kier molecular flexibility index (Phi) is 4.12. The molecule has 1 aliphatic heterocycles. The van der Waals surface area contributed by atoms with Crippen molar-refractivity contribution in [1.29, 1.82) is 0 Å². The number of hydrogen-bond acceptors (Lipinski definition) is 2. The molecule has 0 saturated carbocycles. The number of alkyl halides is 4. The molecule has 1 heterocycles. The number of nitrogens with one attached hydrogen (secondary N) is 1. The monoisotopic (exact) mass is 242 g/mol. The fourth-order valence-electron chi connectivity index (χ4n) is 1.68. The van der Waals surface area contributed by atoms with Gasteiger partial charge in [0.15, 0.2) is 0 Å². The molecule has 0 radical (unpaired) electrons. The second kappa shape index (κ2) is 4.99. The zero-order chi connectivity index (χ0) is 12.3. The summed E-state index contributed by atoms with van der Waals surface area (Å²) in [6.07, 6.45) is -2.94. The first-order chi connectivity index (χ1) is 7.39. The van der Waals surface area contributed by atoms with Gasteiger partial charge < -0.3 is 10.2 Å². The summed E-state index contributed by atoms with van der Waals surface area (Å²) in [5.74, 6) is -6.33. The third-order valence-electron chi connectivity index (χ3n) is 2.75. The number of carbonyl (C=O) groups is 1. The van der Waals surface area contributed by atoms with E-state index in [2.05, 4.69) is 5.32 Å². The molecular weight excluding hydrogens is 228 g/mol. The molecule has 0 aromatic rings. The molecule has 0 aliphatic carbocycles. The summed E-state index contributed by atoms with van der Waals surface area (Å²) >= 11 is 0. The summed E-state index contributed by atoms with van der Waals surface area (Å²) in [6, 6.07) is 0.157. The van der Waals surface area contributed by atoms with Crippen LogP contribution < -0.4 is 5.32 Å². The first-order valence-corrected chi connectivity index (χ1v) is 5.02. The lowest BCUT2D eigenvalue weighted by Crippen LogP contribution is -2.52. The average Bonchev–Trinajstić information content (AvgIpc) is 2.28. The molecule has 0 spiro atoms. The van der Waals surface area contributed by atoms with Crippen molar-refractivity contribution < 1.29 is 22.4 Å². The Balaban J connectivity index is 2.57. The minimum atomic E-state index is -4.56. The summed E-state index contributed by atoms with van der Waals surface area (Å²) in [5, 5.41) is 2.95. The highest BCUT2D eigenvalue weighted by atomic mass is 19.3. The fourth-order valence-corrected chi connectivity index (χ4v) is 1.68. The Morgan fingerprint density at radius 3 is 2.25 bits per heavy atom. The third-order valence-corrected chi connectivity index (χ3v) is 2.75. The molecule has 0 bridgehead atoms. The van der Waals surface area contributed by atoms with E-state index in [4.69, 9.17) is 0 Å². The first kappa shape index (κ1) is 13.2. The van der Waals surface area contributed by atoms with Crippen molar-refractivity contribution in [2.75, 3.05) is 20.1 Å². The van der Waals surface area contributed by atoms with Gasteiger partial charge in [0.2, 0.25) is 0 Å². The number of piperidine rings is 1. The number of carbonyl (C=O) groups excluding carboxylic acids is 1. The third kappa shape index (κ3) is 2.63. The Morgan fingerprint density at radius 1 is 1.38 bits per heavy atom. The summed E-state index contributed by atoms with van der Waals surface area (Å²) in [6.45, 7) is 0.180. The molecule has 0 atom stereocenters. The predicted molar refractivity (Wildman–Crippen MR) is 49.6 cm³/mol. The van der Waals surface area contributed by atoms with E-state index in [1.54, 1.807) is 7.05 Å². The quantitative estimate of drug-likeness (QED) is 0.751. The zero-order valence-electron chi connectivity index (χ0n) is 8.85. The fraction of sp³-hybridized carbons (Fsp3) is 0.889. The van der Waals surface area contributed by atoms with E-state index >= 15 is 0 Å². The molecule has 1 saturated heterocycles. The van der Waals surface area contributed by atoms with Crippen LogP contribution in [-0.4, -0.2) is 49.3 Å². The van der Waals surface area contributed by atoms with Crippen LogP contribution >= 0.6 is 0 Å². The summed E-state index contributed by atoms with van der Waals surface area (Å²) in [7, 11) is 1.73. The topological polar surface area (TPSA) is 32.3 Å². The van der Waals surface area contributed by atoms with Crippen LogP contribution in [0.3, 0.4) is 0 Å². The Labute approximate surface area is 90.8 Å². The highest BCUT2D eigenvalue weighted by molar-refractivity contribution is 5.84. The minimum Gasteiger partial charge on any atom is -0.337 e. The molecule has 1 amide bonds. The standard InChI is InChI=1S/C9H14F4N2O/c1-14-6-2-4-15(5-3-6)8(16)9(12,13)7(10)11/h6-7,14H,2-5H2,1H3. The maximum absolute atomic E-state index is 12.7. The highest BCUT2D eigenvalue weighted by Gasteiger charge is 2.51. The number of nitrogens with zero attached hydrogens (tertiary/aromatic N) is 1. The van der Waals surface area contributed by atoms with Crippen molar-refractivity contribution in [3.8, 4) is 0 Å². The second-order valence-corrected chi connectivity index (χ2v) is 3.78. The molecule has 1 rings (SSSR count). The van der Waals surface area contributed by atoms with Gasteiger partial charge in [-0.25, -0.2) is 8.78 Å². The van der Waals surface area contributed by atoms with Gasteiger partial charge in [0.1, 0.15) is 0 Å². The van der Waals surface area contributed by atoms with Gasteiger partial charge in [-0.15, -0.1) is 0 Å². The van der Waals surface area contributed by atoms with Crippen molar-refractivity contribution in [3.63, 3.8) is 0 Å². The molecule has 1 N–H and O–H groups in total. The predicted octanol–water partition coefficient (Wildman–Crippen LogP) is 1.10. The average molecular weight is 242 g/mol. The Hall–Kier alpha value is -0.850. The molecule has 0 aromatic carbocycles. The van der Waals surface area contributed by atoms with E-state index in [1.165, 1.54) is 0 Å². The van der Waals surface area contributed by atoms with Crippen molar-refractivity contribution in [2.45, 2.75) is 31.2 Å². The molecule has 1 aliphatic rings. The molecule has 16 heavy (non-hydrogen) atoms. The van der Waals surface area contributed by atoms with Gasteiger partial charge >= 0.3 is 12.3 Å². The summed E-state index contributed by atoms with van der Waals surface area (Å²) < 4.78 is 49.4. The van der Waals surface area contributed by atoms with Gasteiger partial charge in [0, 0.05) is 19.1 Å². The molecule has 0 unspecified atom stereocenters. The van der Waals surface area contributed by atoms with Crippen molar-refractivity contribution in [3.05, 3.63) is 0 Å². The van der Waals surface area contributed by atoms with Gasteiger partial charge in [-0.2, -0.15) is 8.78 Å². The van der Waals surface area contributed by atoms with Crippen molar-refractivity contribution in [1.82, 2.24) is 10.2 Å². The van der Waals surface area contributed by atoms with E-state index in [-0.39, 0.29) is 19.1 Å². The second-order valence-electron chi connectivity index (χ2n) is 3.78. The number of amides is 1. The highest BCUT2D eigenvalue weighted by Crippen LogP contribution is 2.26. The van der Waals surface area contributed by atoms with Gasteiger partial charge in [-0.3, -0.25) is 4.79 Å². The number of hydrogen-bond donors (Lipinski definition) is 1. The van der Waals surface area contributed by atoms with Gasteiger partial charge in [-0.1, -0.05) is 0 Å². The first-order valence-electron chi connectivity index (χ1n) is 5.02. The van der Waals surface area contributed by atoms with Gasteiger partial charge in [0.05, 0.1) is 0 Å². The van der Waals surface area contributed by atoms with Crippen molar-refractivity contribution >= 4 is 5.91 Å². The van der Waals surface area contributed by atoms with E-state index in [1.807, 2.05) is 0 Å². The van der Waals surface area contributed by atoms with Crippen molar-refractivity contribution in [2.24, 2.45) is 0 Å². The van der Waals surface area contributed by atoms with Crippen LogP contribution in [0.15, 0.2) is 0 Å². The molecular formula is C9H14F4N2O. The van der Waals surface area contributed by atoms with Crippen LogP contribution in [0.5, 0.6) is 0 Å². The minimum absolute atomic E-state index is 0.0899. The van der Waals surface area contributed by atoms with Crippen LogP contribution in [0.25, 0.3) is 0 Å². The normalized spacial score (nSPS) is 19.2. The lowest BCUT2D eigenvalue weighted by atomic mass is 10.0. The Morgan fingerprint density at radius 2 is 1.88 bits per heavy atom. The number of halogens is 4. The summed E-state index contributed by atoms with van der Waals surface area (Å²) in [5.41, 5.74) is 0. The van der Waals surface area contributed by atoms with E-state index in [0.717, 1.165) is 4.90 Å². The SMILES string of the molecule is CNC1CCN(C(=O)C(F)(F)C(F)F)CC1. The van der Waals surface area contributed by atoms with E-state index in [9.17, 15) is 22.4 Å². The zero-order valence-corrected chi connectivity index (χ0v) is 8.85. The maximum Gasteiger partial charge on any atom is 0.383 e. The molecule has 7 heteroatoms. The molecule has 94 valence electrons. The molecule has 0 aromatic heterocycles.